The number of carbonyl (C=O) groups is 2. The highest BCUT2D eigenvalue weighted by molar-refractivity contribution is 5.91. The van der Waals surface area contributed by atoms with E-state index >= 15 is 0 Å². The van der Waals surface area contributed by atoms with Crippen molar-refractivity contribution in [2.75, 3.05) is 13.2 Å². The van der Waals surface area contributed by atoms with E-state index in [-0.39, 0.29) is 18.2 Å². The molecule has 1 fully saturated rings. The molecule has 18 heavy (non-hydrogen) atoms. The molecule has 1 aliphatic heterocycles. The number of hydrogen-bond acceptors (Lipinski definition) is 4. The molecular weight excluding hydrogens is 230 g/mol. The van der Waals surface area contributed by atoms with Crippen LogP contribution in [-0.2, 0) is 20.9 Å². The number of esters is 1. The number of benzene rings is 1. The van der Waals surface area contributed by atoms with Crippen LogP contribution < -0.4 is 0 Å². The first-order valence-electron chi connectivity index (χ1n) is 6.17. The predicted molar refractivity (Wildman–Crippen MR) is 66.9 cm³/mol. The molecule has 2 rings (SSSR count). The third kappa shape index (κ3) is 2.96. The molecule has 96 valence electrons. The summed E-state index contributed by atoms with van der Waals surface area (Å²) >= 11 is 0. The summed E-state index contributed by atoms with van der Waals surface area (Å²) in [5, 5.41) is 0. The zero-order valence-corrected chi connectivity index (χ0v) is 10.5. The second-order valence-corrected chi connectivity index (χ2v) is 4.40. The van der Waals surface area contributed by atoms with Crippen LogP contribution in [-0.4, -0.2) is 35.8 Å². The SMILES string of the molecule is CCOC(=O)[C@H]1CC(=O)CN1Cc1ccccc1. The molecule has 1 aliphatic rings. The Morgan fingerprint density at radius 2 is 2.11 bits per heavy atom. The van der Waals surface area contributed by atoms with Crippen molar-refractivity contribution in [2.45, 2.75) is 25.9 Å². The van der Waals surface area contributed by atoms with Crippen LogP contribution in [0.4, 0.5) is 0 Å². The summed E-state index contributed by atoms with van der Waals surface area (Å²) in [5.41, 5.74) is 1.10. The minimum absolute atomic E-state index is 0.101. The second-order valence-electron chi connectivity index (χ2n) is 4.40. The van der Waals surface area contributed by atoms with Crippen molar-refractivity contribution in [3.8, 4) is 0 Å². The van der Waals surface area contributed by atoms with Gasteiger partial charge in [0.05, 0.1) is 13.2 Å². The number of likely N-dealkylation sites (tertiary alicyclic amines) is 1. The van der Waals surface area contributed by atoms with Crippen molar-refractivity contribution < 1.29 is 14.3 Å². The third-order valence-electron chi connectivity index (χ3n) is 3.03. The number of hydrogen-bond donors (Lipinski definition) is 0. The van der Waals surface area contributed by atoms with Gasteiger partial charge < -0.3 is 4.74 Å². The zero-order valence-electron chi connectivity index (χ0n) is 10.5. The number of carbonyl (C=O) groups excluding carboxylic acids is 2. The molecule has 4 heteroatoms. The van der Waals surface area contributed by atoms with E-state index in [2.05, 4.69) is 0 Å². The van der Waals surface area contributed by atoms with E-state index < -0.39 is 6.04 Å². The average molecular weight is 247 g/mol. The molecule has 0 N–H and O–H groups in total. The Hall–Kier alpha value is -1.68. The Balaban J connectivity index is 2.05. The van der Waals surface area contributed by atoms with Crippen LogP contribution in [0.25, 0.3) is 0 Å². The maximum atomic E-state index is 11.8. The Morgan fingerprint density at radius 1 is 1.39 bits per heavy atom. The molecule has 1 atom stereocenters. The lowest BCUT2D eigenvalue weighted by Gasteiger charge is -2.21. The Kier molecular flexibility index (Phi) is 4.10. The fourth-order valence-electron chi connectivity index (χ4n) is 2.20. The number of Topliss-reactive ketones (excluding diaryl/α,β-unsaturated/α-hetero) is 1. The highest BCUT2D eigenvalue weighted by Gasteiger charge is 2.36. The van der Waals surface area contributed by atoms with Crippen molar-refractivity contribution >= 4 is 11.8 Å². The molecule has 0 aliphatic carbocycles. The molecule has 1 aromatic carbocycles. The highest BCUT2D eigenvalue weighted by Crippen LogP contribution is 2.19. The lowest BCUT2D eigenvalue weighted by atomic mass is 10.2. The van der Waals surface area contributed by atoms with Crippen LogP contribution in [0.3, 0.4) is 0 Å². The molecule has 1 saturated heterocycles. The molecule has 1 heterocycles. The molecule has 0 radical (unpaired) electrons. The highest BCUT2D eigenvalue weighted by atomic mass is 16.5. The lowest BCUT2D eigenvalue weighted by Crippen LogP contribution is -2.36. The molecule has 4 nitrogen and oxygen atoms in total. The van der Waals surface area contributed by atoms with Gasteiger partial charge in [-0.2, -0.15) is 0 Å². The van der Waals surface area contributed by atoms with Crippen molar-refractivity contribution in [3.63, 3.8) is 0 Å². The molecule has 0 saturated carbocycles. The Bertz CT molecular complexity index is 430. The van der Waals surface area contributed by atoms with Crippen LogP contribution >= 0.6 is 0 Å². The van der Waals surface area contributed by atoms with Gasteiger partial charge in [0.2, 0.25) is 0 Å². The normalized spacial score (nSPS) is 20.1. The quantitative estimate of drug-likeness (QED) is 0.754. The van der Waals surface area contributed by atoms with E-state index in [0.29, 0.717) is 19.7 Å². The zero-order chi connectivity index (χ0) is 13.0. The molecule has 1 aromatic rings. The number of nitrogens with zero attached hydrogens (tertiary/aromatic N) is 1. The Labute approximate surface area is 107 Å². The van der Waals surface area contributed by atoms with E-state index in [4.69, 9.17) is 4.74 Å². The number of ether oxygens (including phenoxy) is 1. The van der Waals surface area contributed by atoms with Gasteiger partial charge in [0.25, 0.3) is 0 Å². The van der Waals surface area contributed by atoms with Gasteiger partial charge in [0.1, 0.15) is 11.8 Å². The first kappa shape index (κ1) is 12.8. The van der Waals surface area contributed by atoms with Crippen LogP contribution in [0.5, 0.6) is 0 Å². The van der Waals surface area contributed by atoms with Crippen LogP contribution in [0.15, 0.2) is 30.3 Å². The second kappa shape index (κ2) is 5.78. The molecular formula is C14H17NO3. The van der Waals surface area contributed by atoms with Gasteiger partial charge in [-0.15, -0.1) is 0 Å². The smallest absolute Gasteiger partial charge is 0.323 e. The van der Waals surface area contributed by atoms with E-state index in [1.165, 1.54) is 0 Å². The van der Waals surface area contributed by atoms with Crippen molar-refractivity contribution in [1.29, 1.82) is 0 Å². The maximum absolute atomic E-state index is 11.8. The van der Waals surface area contributed by atoms with E-state index in [9.17, 15) is 9.59 Å². The molecule has 0 unspecified atom stereocenters. The van der Waals surface area contributed by atoms with E-state index in [1.807, 2.05) is 35.2 Å². The maximum Gasteiger partial charge on any atom is 0.323 e. The van der Waals surface area contributed by atoms with E-state index in [1.54, 1.807) is 6.92 Å². The summed E-state index contributed by atoms with van der Waals surface area (Å²) in [7, 11) is 0. The summed E-state index contributed by atoms with van der Waals surface area (Å²) in [6.45, 7) is 3.06. The van der Waals surface area contributed by atoms with Gasteiger partial charge in [0.15, 0.2) is 0 Å². The van der Waals surface area contributed by atoms with Gasteiger partial charge in [-0.1, -0.05) is 30.3 Å². The first-order chi connectivity index (χ1) is 8.70. The van der Waals surface area contributed by atoms with Gasteiger partial charge >= 0.3 is 5.97 Å². The lowest BCUT2D eigenvalue weighted by molar-refractivity contribution is -0.148. The van der Waals surface area contributed by atoms with Crippen molar-refractivity contribution in [1.82, 2.24) is 4.90 Å². The van der Waals surface area contributed by atoms with Gasteiger partial charge in [-0.25, -0.2) is 0 Å². The third-order valence-corrected chi connectivity index (χ3v) is 3.03. The molecule has 0 bridgehead atoms. The minimum Gasteiger partial charge on any atom is -0.465 e. The largest absolute Gasteiger partial charge is 0.465 e. The number of ketones is 1. The van der Waals surface area contributed by atoms with Crippen molar-refractivity contribution in [3.05, 3.63) is 35.9 Å². The van der Waals surface area contributed by atoms with Crippen molar-refractivity contribution in [2.24, 2.45) is 0 Å². The van der Waals surface area contributed by atoms with Gasteiger partial charge in [-0.3, -0.25) is 14.5 Å². The minimum atomic E-state index is -0.419. The number of rotatable bonds is 4. The monoisotopic (exact) mass is 247 g/mol. The molecule has 0 aromatic heterocycles. The standard InChI is InChI=1S/C14H17NO3/c1-2-18-14(17)13-8-12(16)10-15(13)9-11-6-4-3-5-7-11/h3-7,13H,2,8-10H2,1H3/t13-/m1/s1. The van der Waals surface area contributed by atoms with Crippen LogP contribution in [0, 0.1) is 0 Å². The predicted octanol–water partition coefficient (Wildman–Crippen LogP) is 1.39. The fraction of sp³-hybridized carbons (Fsp3) is 0.429. The fourth-order valence-corrected chi connectivity index (χ4v) is 2.20. The molecule has 0 spiro atoms. The summed E-state index contributed by atoms with van der Waals surface area (Å²) < 4.78 is 5.01. The summed E-state index contributed by atoms with van der Waals surface area (Å²) in [5.74, 6) is -0.191. The summed E-state index contributed by atoms with van der Waals surface area (Å²) in [4.78, 5) is 25.2. The first-order valence-corrected chi connectivity index (χ1v) is 6.17. The van der Waals surface area contributed by atoms with Crippen LogP contribution in [0.2, 0.25) is 0 Å². The topological polar surface area (TPSA) is 46.6 Å². The average Bonchev–Trinajstić information content (AvgIpc) is 2.72. The summed E-state index contributed by atoms with van der Waals surface area (Å²) in [6.07, 6.45) is 0.270. The summed E-state index contributed by atoms with van der Waals surface area (Å²) in [6, 6.07) is 9.41. The Morgan fingerprint density at radius 3 is 2.78 bits per heavy atom. The van der Waals surface area contributed by atoms with Gasteiger partial charge in [0, 0.05) is 13.0 Å². The van der Waals surface area contributed by atoms with Gasteiger partial charge in [-0.05, 0) is 12.5 Å². The molecule has 0 amide bonds. The van der Waals surface area contributed by atoms with E-state index in [0.717, 1.165) is 5.56 Å². The van der Waals surface area contributed by atoms with Crippen LogP contribution in [0.1, 0.15) is 18.9 Å².